The van der Waals surface area contributed by atoms with E-state index in [1.807, 2.05) is 0 Å². The minimum atomic E-state index is 0.405. The summed E-state index contributed by atoms with van der Waals surface area (Å²) in [5.74, 6) is 2.11. The van der Waals surface area contributed by atoms with Gasteiger partial charge in [-0.1, -0.05) is 0 Å². The Morgan fingerprint density at radius 3 is 2.50 bits per heavy atom. The van der Waals surface area contributed by atoms with Gasteiger partial charge in [-0.3, -0.25) is 4.99 Å². The largest absolute Gasteiger partial charge is 0.385 e. The molecule has 0 aromatic rings. The number of ether oxygens (including phenoxy) is 2. The van der Waals surface area contributed by atoms with E-state index in [9.17, 15) is 0 Å². The summed E-state index contributed by atoms with van der Waals surface area (Å²) in [5.41, 5.74) is 0.587. The summed E-state index contributed by atoms with van der Waals surface area (Å²) < 4.78 is 11.0. The molecule has 5 heteroatoms. The average molecular weight is 338 g/mol. The maximum atomic E-state index is 5.97. The fourth-order valence-electron chi connectivity index (χ4n) is 3.90. The van der Waals surface area contributed by atoms with Crippen LogP contribution < -0.4 is 5.32 Å². The number of aliphatic imine (C=N–C) groups is 1. The summed E-state index contributed by atoms with van der Waals surface area (Å²) in [5, 5.41) is 3.51. The maximum Gasteiger partial charge on any atom is 0.193 e. The first kappa shape index (κ1) is 18.0. The summed E-state index contributed by atoms with van der Waals surface area (Å²) in [6.45, 7) is 7.86. The van der Waals surface area contributed by atoms with Crippen molar-refractivity contribution in [1.82, 2.24) is 10.2 Å². The topological polar surface area (TPSA) is 46.1 Å². The number of hydrogen-bond acceptors (Lipinski definition) is 3. The molecule has 24 heavy (non-hydrogen) atoms. The molecule has 1 N–H and O–H groups in total. The smallest absolute Gasteiger partial charge is 0.193 e. The molecule has 0 unspecified atom stereocenters. The molecule has 0 radical (unpaired) electrons. The Morgan fingerprint density at radius 2 is 1.92 bits per heavy atom. The fourth-order valence-corrected chi connectivity index (χ4v) is 3.90. The molecule has 2 aliphatic carbocycles. The number of nitrogens with zero attached hydrogens (tertiary/aromatic N) is 2. The van der Waals surface area contributed by atoms with Crippen LogP contribution in [0.3, 0.4) is 0 Å². The Bertz CT molecular complexity index is 411. The molecule has 3 rings (SSSR count). The quantitative estimate of drug-likeness (QED) is 0.399. The minimum absolute atomic E-state index is 0.405. The molecular formula is C19H35N3O2. The highest BCUT2D eigenvalue weighted by Crippen LogP contribution is 2.61. The van der Waals surface area contributed by atoms with Gasteiger partial charge in [0.05, 0.1) is 6.10 Å². The van der Waals surface area contributed by atoms with Gasteiger partial charge >= 0.3 is 0 Å². The molecule has 0 aromatic heterocycles. The van der Waals surface area contributed by atoms with E-state index >= 15 is 0 Å². The lowest BCUT2D eigenvalue weighted by Crippen LogP contribution is -2.47. The van der Waals surface area contributed by atoms with Gasteiger partial charge in [0, 0.05) is 46.5 Å². The molecule has 138 valence electrons. The molecular weight excluding hydrogens is 302 g/mol. The molecule has 0 amide bonds. The molecule has 2 saturated carbocycles. The van der Waals surface area contributed by atoms with Crippen LogP contribution in [-0.4, -0.2) is 63.5 Å². The molecule has 1 saturated heterocycles. The lowest BCUT2D eigenvalue weighted by molar-refractivity contribution is 0.00989. The summed E-state index contributed by atoms with van der Waals surface area (Å²) >= 11 is 0. The molecule has 3 aliphatic rings. The molecule has 0 atom stereocenters. The van der Waals surface area contributed by atoms with Crippen LogP contribution in [0.5, 0.6) is 0 Å². The summed E-state index contributed by atoms with van der Waals surface area (Å²) in [4.78, 5) is 7.45. The Kier molecular flexibility index (Phi) is 6.39. The number of methoxy groups -OCH3 is 1. The lowest BCUT2D eigenvalue weighted by atomic mass is 10.0. The molecule has 0 bridgehead atoms. The zero-order valence-corrected chi connectivity index (χ0v) is 15.6. The van der Waals surface area contributed by atoms with Gasteiger partial charge in [0.1, 0.15) is 0 Å². The number of guanidine groups is 1. The predicted molar refractivity (Wildman–Crippen MR) is 97.4 cm³/mol. The van der Waals surface area contributed by atoms with Crippen molar-refractivity contribution in [2.45, 2.75) is 58.0 Å². The van der Waals surface area contributed by atoms with Crippen molar-refractivity contribution in [1.29, 1.82) is 0 Å². The van der Waals surface area contributed by atoms with Gasteiger partial charge in [-0.15, -0.1) is 0 Å². The van der Waals surface area contributed by atoms with Gasteiger partial charge in [-0.05, 0) is 63.2 Å². The molecule has 0 spiro atoms. The standard InChI is InChI=1S/C19H35N3O2/c1-3-20-18(21-15-19(9-10-19)16-5-6-16)22-11-7-17(8-12-22)24-14-4-13-23-2/h16-17H,3-15H2,1-2H3,(H,20,21). The molecule has 0 aromatic carbocycles. The van der Waals surface area contributed by atoms with Crippen LogP contribution in [0.15, 0.2) is 4.99 Å². The second-order valence-corrected chi connectivity index (χ2v) is 7.71. The van der Waals surface area contributed by atoms with Gasteiger partial charge < -0.3 is 19.7 Å². The van der Waals surface area contributed by atoms with Crippen molar-refractivity contribution in [2.24, 2.45) is 16.3 Å². The number of rotatable bonds is 9. The van der Waals surface area contributed by atoms with Crippen molar-refractivity contribution in [3.63, 3.8) is 0 Å². The number of piperidine rings is 1. The molecule has 3 fully saturated rings. The normalized spacial score (nSPS) is 24.2. The van der Waals surface area contributed by atoms with Crippen molar-refractivity contribution in [2.75, 3.05) is 46.5 Å². The summed E-state index contributed by atoms with van der Waals surface area (Å²) in [7, 11) is 1.75. The third-order valence-electron chi connectivity index (χ3n) is 5.80. The SMILES string of the molecule is CCNC(=NCC1(C2CC2)CC1)N1CCC(OCCCOC)CC1. The first-order chi connectivity index (χ1) is 11.8. The molecule has 1 aliphatic heterocycles. The number of likely N-dealkylation sites (tertiary alicyclic amines) is 1. The third kappa shape index (κ3) is 4.85. The highest BCUT2D eigenvalue weighted by atomic mass is 16.5. The van der Waals surface area contributed by atoms with E-state index in [-0.39, 0.29) is 0 Å². The maximum absolute atomic E-state index is 5.97. The minimum Gasteiger partial charge on any atom is -0.385 e. The van der Waals surface area contributed by atoms with Crippen LogP contribution in [0, 0.1) is 11.3 Å². The third-order valence-corrected chi connectivity index (χ3v) is 5.80. The van der Waals surface area contributed by atoms with Crippen LogP contribution in [-0.2, 0) is 9.47 Å². The van der Waals surface area contributed by atoms with E-state index in [1.165, 1.54) is 25.7 Å². The van der Waals surface area contributed by atoms with Gasteiger partial charge in [0.25, 0.3) is 0 Å². The highest BCUT2D eigenvalue weighted by molar-refractivity contribution is 5.80. The van der Waals surface area contributed by atoms with E-state index < -0.39 is 0 Å². The van der Waals surface area contributed by atoms with Crippen molar-refractivity contribution < 1.29 is 9.47 Å². The molecule has 5 nitrogen and oxygen atoms in total. The van der Waals surface area contributed by atoms with E-state index in [0.717, 1.165) is 70.5 Å². The van der Waals surface area contributed by atoms with Gasteiger partial charge in [-0.25, -0.2) is 0 Å². The predicted octanol–water partition coefficient (Wildman–Crippen LogP) is 2.66. The van der Waals surface area contributed by atoms with E-state index in [2.05, 4.69) is 17.1 Å². The number of hydrogen-bond donors (Lipinski definition) is 1. The van der Waals surface area contributed by atoms with Crippen molar-refractivity contribution >= 4 is 5.96 Å². The Balaban J connectivity index is 1.43. The fraction of sp³-hybridized carbons (Fsp3) is 0.947. The van der Waals surface area contributed by atoms with E-state index in [1.54, 1.807) is 7.11 Å². The van der Waals surface area contributed by atoms with Crippen molar-refractivity contribution in [3.05, 3.63) is 0 Å². The van der Waals surface area contributed by atoms with Gasteiger partial charge in [0.15, 0.2) is 5.96 Å². The first-order valence-corrected chi connectivity index (χ1v) is 9.91. The van der Waals surface area contributed by atoms with Crippen LogP contribution >= 0.6 is 0 Å². The van der Waals surface area contributed by atoms with E-state index in [4.69, 9.17) is 14.5 Å². The lowest BCUT2D eigenvalue weighted by Gasteiger charge is -2.34. The monoisotopic (exact) mass is 337 g/mol. The average Bonchev–Trinajstić information content (AvgIpc) is 3.48. The Labute approximate surface area is 147 Å². The first-order valence-electron chi connectivity index (χ1n) is 9.91. The zero-order valence-electron chi connectivity index (χ0n) is 15.6. The van der Waals surface area contributed by atoms with Crippen molar-refractivity contribution in [3.8, 4) is 0 Å². The van der Waals surface area contributed by atoms with E-state index in [0.29, 0.717) is 11.5 Å². The summed E-state index contributed by atoms with van der Waals surface area (Å²) in [6.07, 6.45) is 9.29. The van der Waals surface area contributed by atoms with Gasteiger partial charge in [0.2, 0.25) is 0 Å². The van der Waals surface area contributed by atoms with Gasteiger partial charge in [-0.2, -0.15) is 0 Å². The van der Waals surface area contributed by atoms with Crippen LogP contribution in [0.2, 0.25) is 0 Å². The second kappa shape index (κ2) is 8.52. The summed E-state index contributed by atoms with van der Waals surface area (Å²) in [6, 6.07) is 0. The van der Waals surface area contributed by atoms with Crippen LogP contribution in [0.25, 0.3) is 0 Å². The highest BCUT2D eigenvalue weighted by Gasteiger charge is 2.53. The second-order valence-electron chi connectivity index (χ2n) is 7.71. The van der Waals surface area contributed by atoms with Crippen LogP contribution in [0.4, 0.5) is 0 Å². The zero-order chi connectivity index (χ0) is 16.8. The molecule has 1 heterocycles. The van der Waals surface area contributed by atoms with Crippen LogP contribution in [0.1, 0.15) is 51.9 Å². The number of nitrogens with one attached hydrogen (secondary N) is 1. The Morgan fingerprint density at radius 1 is 1.17 bits per heavy atom. The Hall–Kier alpha value is -0.810.